The SMILES string of the molecule is CCCN(CC1CCCN1)S(=O)(=O)c1c(C)n[nH]c1C. The van der Waals surface area contributed by atoms with E-state index < -0.39 is 10.0 Å². The molecule has 6 nitrogen and oxygen atoms in total. The number of H-pyrrole nitrogens is 1. The van der Waals surface area contributed by atoms with Gasteiger partial charge in [0.25, 0.3) is 0 Å². The molecule has 2 heterocycles. The first-order chi connectivity index (χ1) is 9.46. The Bertz CT molecular complexity index is 527. The van der Waals surface area contributed by atoms with Crippen LogP contribution < -0.4 is 5.32 Å². The van der Waals surface area contributed by atoms with Crippen LogP contribution in [0.5, 0.6) is 0 Å². The van der Waals surface area contributed by atoms with Crippen LogP contribution in [0, 0.1) is 13.8 Å². The first-order valence-corrected chi connectivity index (χ1v) is 8.66. The fourth-order valence-electron chi connectivity index (χ4n) is 2.77. The number of hydrogen-bond acceptors (Lipinski definition) is 4. The monoisotopic (exact) mass is 300 g/mol. The average molecular weight is 300 g/mol. The molecule has 2 rings (SSSR count). The van der Waals surface area contributed by atoms with Gasteiger partial charge in [0.1, 0.15) is 4.90 Å². The number of nitrogens with zero attached hydrogens (tertiary/aromatic N) is 2. The van der Waals surface area contributed by atoms with Crippen LogP contribution in [-0.4, -0.2) is 48.6 Å². The lowest BCUT2D eigenvalue weighted by Crippen LogP contribution is -2.41. The summed E-state index contributed by atoms with van der Waals surface area (Å²) in [6.07, 6.45) is 2.97. The Morgan fingerprint density at radius 3 is 2.65 bits per heavy atom. The lowest BCUT2D eigenvalue weighted by molar-refractivity contribution is 0.369. The molecular weight excluding hydrogens is 276 g/mol. The molecule has 1 aliphatic rings. The molecule has 1 unspecified atom stereocenters. The maximum atomic E-state index is 12.9. The van der Waals surface area contributed by atoms with Gasteiger partial charge in [0.15, 0.2) is 0 Å². The Labute approximate surface area is 121 Å². The van der Waals surface area contributed by atoms with Crippen LogP contribution in [0.3, 0.4) is 0 Å². The number of aryl methyl sites for hydroxylation is 2. The van der Waals surface area contributed by atoms with E-state index in [1.54, 1.807) is 18.2 Å². The van der Waals surface area contributed by atoms with Gasteiger partial charge in [-0.05, 0) is 39.7 Å². The molecule has 0 saturated carbocycles. The second kappa shape index (κ2) is 6.24. The molecule has 0 amide bonds. The Morgan fingerprint density at radius 1 is 1.40 bits per heavy atom. The van der Waals surface area contributed by atoms with Gasteiger partial charge in [-0.2, -0.15) is 9.40 Å². The summed E-state index contributed by atoms with van der Waals surface area (Å²) in [5.74, 6) is 0. The molecule has 0 bridgehead atoms. The topological polar surface area (TPSA) is 78.1 Å². The second-order valence-corrected chi connectivity index (χ2v) is 7.29. The van der Waals surface area contributed by atoms with E-state index in [0.29, 0.717) is 29.4 Å². The van der Waals surface area contributed by atoms with Crippen LogP contribution in [0.1, 0.15) is 37.6 Å². The number of aromatic amines is 1. The third-order valence-corrected chi connectivity index (χ3v) is 5.85. The second-order valence-electron chi connectivity index (χ2n) is 5.42. The average Bonchev–Trinajstić information content (AvgIpc) is 2.99. The van der Waals surface area contributed by atoms with Crippen molar-refractivity contribution in [1.29, 1.82) is 0 Å². The van der Waals surface area contributed by atoms with Crippen LogP contribution in [0.4, 0.5) is 0 Å². The fraction of sp³-hybridized carbons (Fsp3) is 0.769. The molecule has 1 atom stereocenters. The summed E-state index contributed by atoms with van der Waals surface area (Å²) in [5, 5.41) is 10.1. The smallest absolute Gasteiger partial charge is 0.246 e. The Morgan fingerprint density at radius 2 is 2.15 bits per heavy atom. The van der Waals surface area contributed by atoms with E-state index in [2.05, 4.69) is 15.5 Å². The fourth-order valence-corrected chi connectivity index (χ4v) is 4.68. The highest BCUT2D eigenvalue weighted by Gasteiger charge is 2.31. The minimum Gasteiger partial charge on any atom is -0.313 e. The molecule has 0 radical (unpaired) electrons. The van der Waals surface area contributed by atoms with Crippen LogP contribution >= 0.6 is 0 Å². The first-order valence-electron chi connectivity index (χ1n) is 7.22. The maximum Gasteiger partial charge on any atom is 0.246 e. The van der Waals surface area contributed by atoms with Crippen molar-refractivity contribution < 1.29 is 8.42 Å². The van der Waals surface area contributed by atoms with E-state index in [9.17, 15) is 8.42 Å². The van der Waals surface area contributed by atoms with E-state index in [1.165, 1.54) is 0 Å². The Kier molecular flexibility index (Phi) is 4.82. The standard InChI is InChI=1S/C13H24N4O2S/c1-4-8-17(9-12-6-5-7-14-12)20(18,19)13-10(2)15-16-11(13)3/h12,14H,4-9H2,1-3H3,(H,15,16). The molecule has 0 spiro atoms. The summed E-state index contributed by atoms with van der Waals surface area (Å²) in [4.78, 5) is 0.337. The summed E-state index contributed by atoms with van der Waals surface area (Å²) in [6, 6.07) is 0.267. The van der Waals surface area contributed by atoms with Crippen molar-refractivity contribution in [2.24, 2.45) is 0 Å². The summed E-state index contributed by atoms with van der Waals surface area (Å²) >= 11 is 0. The van der Waals surface area contributed by atoms with Crippen molar-refractivity contribution in [3.8, 4) is 0 Å². The van der Waals surface area contributed by atoms with Gasteiger partial charge in [-0.25, -0.2) is 8.42 Å². The third kappa shape index (κ3) is 3.05. The van der Waals surface area contributed by atoms with Crippen molar-refractivity contribution in [2.75, 3.05) is 19.6 Å². The number of hydrogen-bond donors (Lipinski definition) is 2. The maximum absolute atomic E-state index is 12.9. The molecule has 2 N–H and O–H groups in total. The van der Waals surface area contributed by atoms with Gasteiger partial charge >= 0.3 is 0 Å². The molecule has 1 aromatic heterocycles. The highest BCUT2D eigenvalue weighted by molar-refractivity contribution is 7.89. The molecule has 0 aromatic carbocycles. The molecule has 1 aliphatic heterocycles. The molecular formula is C13H24N4O2S. The van der Waals surface area contributed by atoms with Gasteiger partial charge in [0.05, 0.1) is 11.4 Å². The van der Waals surface area contributed by atoms with Gasteiger partial charge < -0.3 is 5.32 Å². The third-order valence-electron chi connectivity index (χ3n) is 3.72. The lowest BCUT2D eigenvalue weighted by atomic mass is 10.2. The molecule has 7 heteroatoms. The minimum atomic E-state index is -3.47. The van der Waals surface area contributed by atoms with Gasteiger partial charge in [0, 0.05) is 19.1 Å². The number of rotatable bonds is 6. The number of sulfonamides is 1. The van der Waals surface area contributed by atoms with Crippen molar-refractivity contribution in [2.45, 2.75) is 51.0 Å². The normalized spacial score (nSPS) is 19.9. The Hall–Kier alpha value is -0.920. The molecule has 1 saturated heterocycles. The van der Waals surface area contributed by atoms with Gasteiger partial charge in [-0.3, -0.25) is 5.10 Å². The largest absolute Gasteiger partial charge is 0.313 e. The predicted octanol–water partition coefficient (Wildman–Crippen LogP) is 1.18. The lowest BCUT2D eigenvalue weighted by Gasteiger charge is -2.25. The summed E-state index contributed by atoms with van der Waals surface area (Å²) in [7, 11) is -3.47. The zero-order chi connectivity index (χ0) is 14.8. The van der Waals surface area contributed by atoms with E-state index in [4.69, 9.17) is 0 Å². The van der Waals surface area contributed by atoms with Crippen molar-refractivity contribution in [3.63, 3.8) is 0 Å². The van der Waals surface area contributed by atoms with Gasteiger partial charge in [0.2, 0.25) is 10.0 Å². The van der Waals surface area contributed by atoms with Gasteiger partial charge in [-0.1, -0.05) is 6.92 Å². The van der Waals surface area contributed by atoms with Crippen LogP contribution in [0.15, 0.2) is 4.90 Å². The van der Waals surface area contributed by atoms with Crippen molar-refractivity contribution in [1.82, 2.24) is 19.8 Å². The first kappa shape index (κ1) is 15.5. The van der Waals surface area contributed by atoms with Crippen molar-refractivity contribution in [3.05, 3.63) is 11.4 Å². The zero-order valence-corrected chi connectivity index (χ0v) is 13.3. The highest BCUT2D eigenvalue weighted by Crippen LogP contribution is 2.23. The van der Waals surface area contributed by atoms with Crippen LogP contribution in [0.2, 0.25) is 0 Å². The van der Waals surface area contributed by atoms with Gasteiger partial charge in [-0.15, -0.1) is 0 Å². The zero-order valence-electron chi connectivity index (χ0n) is 12.4. The van der Waals surface area contributed by atoms with E-state index in [-0.39, 0.29) is 6.04 Å². The minimum absolute atomic E-state index is 0.267. The molecule has 1 fully saturated rings. The van der Waals surface area contributed by atoms with Crippen LogP contribution in [-0.2, 0) is 10.0 Å². The summed E-state index contributed by atoms with van der Waals surface area (Å²) in [6.45, 7) is 7.55. The molecule has 20 heavy (non-hydrogen) atoms. The van der Waals surface area contributed by atoms with E-state index in [1.807, 2.05) is 6.92 Å². The summed E-state index contributed by atoms with van der Waals surface area (Å²) < 4.78 is 27.3. The molecule has 1 aromatic rings. The van der Waals surface area contributed by atoms with E-state index >= 15 is 0 Å². The van der Waals surface area contributed by atoms with Crippen molar-refractivity contribution >= 4 is 10.0 Å². The van der Waals surface area contributed by atoms with E-state index in [0.717, 1.165) is 25.8 Å². The highest BCUT2D eigenvalue weighted by atomic mass is 32.2. The number of nitrogens with one attached hydrogen (secondary N) is 2. The van der Waals surface area contributed by atoms with Crippen LogP contribution in [0.25, 0.3) is 0 Å². The quantitative estimate of drug-likeness (QED) is 0.827. The molecule has 114 valence electrons. The predicted molar refractivity (Wildman–Crippen MR) is 78.1 cm³/mol. The summed E-state index contributed by atoms with van der Waals surface area (Å²) in [5.41, 5.74) is 1.16. The molecule has 0 aliphatic carbocycles. The number of aromatic nitrogens is 2. The Balaban J connectivity index is 2.27.